The number of carbonyl (C=O) groups excluding carboxylic acids is 1. The molecule has 1 aromatic heterocycles. The minimum absolute atomic E-state index is 0.0891. The summed E-state index contributed by atoms with van der Waals surface area (Å²) < 4.78 is 0. The summed E-state index contributed by atoms with van der Waals surface area (Å²) in [6.45, 7) is 6.99. The number of pyridine rings is 1. The van der Waals surface area contributed by atoms with Crippen LogP contribution >= 0.6 is 0 Å². The number of hydrogen-bond donors (Lipinski definition) is 0. The molecule has 0 aliphatic carbocycles. The number of amides is 1. The van der Waals surface area contributed by atoms with Gasteiger partial charge in [-0.1, -0.05) is 6.07 Å². The Morgan fingerprint density at radius 2 is 2.25 bits per heavy atom. The molecular formula is C16H23N3O. The maximum Gasteiger partial charge on any atom is 0.240 e. The van der Waals surface area contributed by atoms with Gasteiger partial charge in [-0.3, -0.25) is 14.7 Å². The van der Waals surface area contributed by atoms with E-state index in [1.165, 1.54) is 6.42 Å². The van der Waals surface area contributed by atoms with E-state index in [9.17, 15) is 4.79 Å². The molecule has 2 bridgehead atoms. The normalized spacial score (nSPS) is 27.1. The third kappa shape index (κ3) is 2.57. The zero-order chi connectivity index (χ0) is 14.1. The van der Waals surface area contributed by atoms with E-state index in [1.807, 2.05) is 23.1 Å². The topological polar surface area (TPSA) is 36.4 Å². The molecule has 20 heavy (non-hydrogen) atoms. The van der Waals surface area contributed by atoms with Gasteiger partial charge in [0, 0.05) is 18.8 Å². The van der Waals surface area contributed by atoms with Crippen molar-refractivity contribution in [1.29, 1.82) is 0 Å². The Morgan fingerprint density at radius 3 is 2.95 bits per heavy atom. The molecule has 2 saturated heterocycles. The molecule has 2 atom stereocenters. The van der Waals surface area contributed by atoms with Crippen molar-refractivity contribution < 1.29 is 4.79 Å². The van der Waals surface area contributed by atoms with Crippen molar-refractivity contribution in [3.63, 3.8) is 0 Å². The quantitative estimate of drug-likeness (QED) is 0.844. The van der Waals surface area contributed by atoms with E-state index in [0.717, 1.165) is 25.2 Å². The Bertz CT molecular complexity index is 474. The first-order valence-electron chi connectivity index (χ1n) is 7.59. The standard InChI is InChI=1S/C16H23N3O/c1-12(2)19-8-6-13-9-15(19)16(20)18(10-13)11-14-5-3-4-7-17-14/h3-5,7,12-13,15H,6,8-11H2,1-2H3/t13-,15+/m0/s1. The van der Waals surface area contributed by atoms with Gasteiger partial charge >= 0.3 is 0 Å². The smallest absolute Gasteiger partial charge is 0.240 e. The van der Waals surface area contributed by atoms with Crippen molar-refractivity contribution >= 4 is 5.91 Å². The third-order valence-corrected chi connectivity index (χ3v) is 4.57. The summed E-state index contributed by atoms with van der Waals surface area (Å²) in [5.74, 6) is 0.955. The Labute approximate surface area is 120 Å². The molecule has 0 spiro atoms. The highest BCUT2D eigenvalue weighted by Crippen LogP contribution is 2.31. The highest BCUT2D eigenvalue weighted by atomic mass is 16.2. The molecule has 1 aromatic rings. The van der Waals surface area contributed by atoms with Crippen LogP contribution in [0.4, 0.5) is 0 Å². The molecule has 0 saturated carbocycles. The van der Waals surface area contributed by atoms with Crippen molar-refractivity contribution in [3.8, 4) is 0 Å². The minimum Gasteiger partial charge on any atom is -0.335 e. The number of likely N-dealkylation sites (tertiary alicyclic amines) is 2. The van der Waals surface area contributed by atoms with Crippen molar-refractivity contribution in [3.05, 3.63) is 30.1 Å². The molecule has 0 unspecified atom stereocenters. The monoisotopic (exact) mass is 273 g/mol. The molecule has 0 radical (unpaired) electrons. The second kappa shape index (κ2) is 5.52. The van der Waals surface area contributed by atoms with Crippen LogP contribution in [0.25, 0.3) is 0 Å². The number of hydrogen-bond acceptors (Lipinski definition) is 3. The lowest BCUT2D eigenvalue weighted by atomic mass is 9.85. The fraction of sp³-hybridized carbons (Fsp3) is 0.625. The van der Waals surface area contributed by atoms with Gasteiger partial charge in [-0.2, -0.15) is 0 Å². The summed E-state index contributed by atoms with van der Waals surface area (Å²) in [5, 5.41) is 0. The Morgan fingerprint density at radius 1 is 1.40 bits per heavy atom. The molecule has 2 aliphatic rings. The maximum absolute atomic E-state index is 12.7. The van der Waals surface area contributed by atoms with Crippen LogP contribution in [0.2, 0.25) is 0 Å². The predicted molar refractivity (Wildman–Crippen MR) is 78.0 cm³/mol. The fourth-order valence-electron chi connectivity index (χ4n) is 3.53. The number of aromatic nitrogens is 1. The van der Waals surface area contributed by atoms with E-state index in [1.54, 1.807) is 6.20 Å². The first-order valence-corrected chi connectivity index (χ1v) is 7.59. The predicted octanol–water partition coefficient (Wildman–Crippen LogP) is 1.91. The zero-order valence-electron chi connectivity index (χ0n) is 12.3. The number of rotatable bonds is 3. The Balaban J connectivity index is 1.75. The fourth-order valence-corrected chi connectivity index (χ4v) is 3.53. The van der Waals surface area contributed by atoms with Crippen LogP contribution in [-0.4, -0.2) is 45.9 Å². The average Bonchev–Trinajstić information content (AvgIpc) is 2.45. The molecule has 2 aliphatic heterocycles. The lowest BCUT2D eigenvalue weighted by molar-refractivity contribution is -0.147. The van der Waals surface area contributed by atoms with Crippen LogP contribution in [0.1, 0.15) is 32.4 Å². The van der Waals surface area contributed by atoms with Gasteiger partial charge in [0.15, 0.2) is 0 Å². The van der Waals surface area contributed by atoms with E-state index in [4.69, 9.17) is 0 Å². The first-order chi connectivity index (χ1) is 9.65. The Hall–Kier alpha value is -1.42. The van der Waals surface area contributed by atoms with Gasteiger partial charge in [0.05, 0.1) is 18.3 Å². The molecular weight excluding hydrogens is 250 g/mol. The first kappa shape index (κ1) is 13.6. The van der Waals surface area contributed by atoms with Gasteiger partial charge in [-0.25, -0.2) is 0 Å². The van der Waals surface area contributed by atoms with Crippen molar-refractivity contribution in [2.24, 2.45) is 5.92 Å². The van der Waals surface area contributed by atoms with Gasteiger partial charge in [-0.15, -0.1) is 0 Å². The molecule has 3 heterocycles. The maximum atomic E-state index is 12.7. The van der Waals surface area contributed by atoms with Gasteiger partial charge in [-0.05, 0) is 51.3 Å². The number of fused-ring (bicyclic) bond motifs is 2. The summed E-state index contributed by atoms with van der Waals surface area (Å²) in [5.41, 5.74) is 0.983. The van der Waals surface area contributed by atoms with E-state index >= 15 is 0 Å². The zero-order valence-corrected chi connectivity index (χ0v) is 12.3. The lowest BCUT2D eigenvalue weighted by Gasteiger charge is -2.47. The summed E-state index contributed by atoms with van der Waals surface area (Å²) >= 11 is 0. The Kier molecular flexibility index (Phi) is 3.74. The number of nitrogens with zero attached hydrogens (tertiary/aromatic N) is 3. The summed E-state index contributed by atoms with van der Waals surface area (Å²) in [6.07, 6.45) is 4.04. The largest absolute Gasteiger partial charge is 0.335 e. The lowest BCUT2D eigenvalue weighted by Crippen LogP contribution is -2.60. The SMILES string of the molecule is CC(C)N1CC[C@H]2C[C@@H]1C(=O)N(Cc1ccccn1)C2. The van der Waals surface area contributed by atoms with Crippen LogP contribution in [0.3, 0.4) is 0 Å². The molecule has 2 fully saturated rings. The molecule has 0 N–H and O–H groups in total. The summed E-state index contributed by atoms with van der Waals surface area (Å²) in [7, 11) is 0. The molecule has 3 rings (SSSR count). The summed E-state index contributed by atoms with van der Waals surface area (Å²) in [6, 6.07) is 6.43. The van der Waals surface area contributed by atoms with Crippen LogP contribution in [0, 0.1) is 5.92 Å². The van der Waals surface area contributed by atoms with Gasteiger partial charge in [0.1, 0.15) is 0 Å². The van der Waals surface area contributed by atoms with E-state index < -0.39 is 0 Å². The van der Waals surface area contributed by atoms with E-state index in [-0.39, 0.29) is 6.04 Å². The average molecular weight is 273 g/mol. The third-order valence-electron chi connectivity index (χ3n) is 4.57. The van der Waals surface area contributed by atoms with Gasteiger partial charge in [0.25, 0.3) is 0 Å². The van der Waals surface area contributed by atoms with Gasteiger partial charge < -0.3 is 4.90 Å². The van der Waals surface area contributed by atoms with Crippen molar-refractivity contribution in [2.45, 2.75) is 45.3 Å². The van der Waals surface area contributed by atoms with E-state index in [0.29, 0.717) is 24.4 Å². The second-order valence-electron chi connectivity index (χ2n) is 6.28. The number of piperidine rings is 2. The van der Waals surface area contributed by atoms with Crippen LogP contribution in [0.5, 0.6) is 0 Å². The molecule has 4 nitrogen and oxygen atoms in total. The van der Waals surface area contributed by atoms with Crippen LogP contribution in [0.15, 0.2) is 24.4 Å². The second-order valence-corrected chi connectivity index (χ2v) is 6.28. The highest BCUT2D eigenvalue weighted by molar-refractivity contribution is 5.83. The van der Waals surface area contributed by atoms with Crippen LogP contribution in [-0.2, 0) is 11.3 Å². The molecule has 0 aromatic carbocycles. The van der Waals surface area contributed by atoms with Gasteiger partial charge in [0.2, 0.25) is 5.91 Å². The molecule has 1 amide bonds. The summed E-state index contributed by atoms with van der Waals surface area (Å²) in [4.78, 5) is 21.4. The van der Waals surface area contributed by atoms with E-state index in [2.05, 4.69) is 23.7 Å². The van der Waals surface area contributed by atoms with Crippen LogP contribution < -0.4 is 0 Å². The minimum atomic E-state index is 0.0891. The molecule has 108 valence electrons. The van der Waals surface area contributed by atoms with Crippen molar-refractivity contribution in [1.82, 2.24) is 14.8 Å². The molecule has 4 heteroatoms. The highest BCUT2D eigenvalue weighted by Gasteiger charge is 2.41. The number of carbonyl (C=O) groups is 1. The van der Waals surface area contributed by atoms with Crippen molar-refractivity contribution in [2.75, 3.05) is 13.1 Å².